The van der Waals surface area contributed by atoms with Gasteiger partial charge in [0, 0.05) is 7.11 Å². The maximum atomic E-state index is 9.51. The minimum Gasteiger partial charge on any atom is -0.380 e. The first kappa shape index (κ1) is 30.3. The molecule has 7 nitrogen and oxygen atoms in total. The lowest BCUT2D eigenvalue weighted by atomic mass is 10.1. The summed E-state index contributed by atoms with van der Waals surface area (Å²) in [6, 6.07) is 10.1. The van der Waals surface area contributed by atoms with Gasteiger partial charge in [-0.05, 0) is 50.2 Å². The van der Waals surface area contributed by atoms with Crippen molar-refractivity contribution >= 4 is 6.72 Å². The second-order valence-electron chi connectivity index (χ2n) is 5.85. The van der Waals surface area contributed by atoms with Crippen molar-refractivity contribution in [2.45, 2.75) is 32.8 Å². The third-order valence-corrected chi connectivity index (χ3v) is 2.99. The molecule has 0 bridgehead atoms. The van der Waals surface area contributed by atoms with E-state index in [1.54, 1.807) is 14.0 Å². The maximum Gasteiger partial charge on any atom is 0.239 e. The number of hydrogen-bond acceptors (Lipinski definition) is 5. The van der Waals surface area contributed by atoms with Crippen molar-refractivity contribution in [1.29, 1.82) is 0 Å². The van der Waals surface area contributed by atoms with Crippen LogP contribution in [0.4, 0.5) is 0 Å². The summed E-state index contributed by atoms with van der Waals surface area (Å²) < 4.78 is 5.68. The Labute approximate surface area is 171 Å². The highest BCUT2D eigenvalue weighted by Gasteiger charge is 2.02. The van der Waals surface area contributed by atoms with Crippen LogP contribution in [0.1, 0.15) is 31.7 Å². The molecule has 160 valence electrons. The zero-order valence-electron chi connectivity index (χ0n) is 18.4. The van der Waals surface area contributed by atoms with E-state index in [0.717, 1.165) is 4.74 Å². The molecule has 2 rings (SSSR count). The van der Waals surface area contributed by atoms with Crippen LogP contribution in [0.15, 0.2) is 30.3 Å². The second kappa shape index (κ2) is 24.6. The van der Waals surface area contributed by atoms with Gasteiger partial charge in [0.05, 0.1) is 11.5 Å². The van der Waals surface area contributed by atoms with E-state index >= 15 is 0 Å². The number of piperidine rings is 1. The minimum atomic E-state index is 0.375. The zero-order chi connectivity index (χ0) is 22.2. The Morgan fingerprint density at radius 3 is 1.82 bits per heavy atom. The summed E-state index contributed by atoms with van der Waals surface area (Å²) in [5.74, 6) is 2.25. The molecule has 1 heterocycles. The zero-order valence-corrected chi connectivity index (χ0v) is 18.4. The molecule has 28 heavy (non-hydrogen) atoms. The number of methoxy groups -OCH3 is 1. The predicted molar refractivity (Wildman–Crippen MR) is 115 cm³/mol. The normalized spacial score (nSPS) is 11.8. The van der Waals surface area contributed by atoms with Gasteiger partial charge in [-0.3, -0.25) is 5.21 Å². The van der Waals surface area contributed by atoms with Gasteiger partial charge in [-0.2, -0.15) is 0 Å². The lowest BCUT2D eigenvalue weighted by Crippen LogP contribution is -2.24. The van der Waals surface area contributed by atoms with E-state index in [1.807, 2.05) is 30.3 Å². The molecule has 1 aliphatic heterocycles. The van der Waals surface area contributed by atoms with Crippen molar-refractivity contribution in [1.82, 2.24) is 4.90 Å². The molecule has 0 amide bonds. The first-order valence-corrected chi connectivity index (χ1v) is 9.01. The Morgan fingerprint density at radius 1 is 1.18 bits per heavy atom. The number of likely N-dealkylation sites (tertiary alicyclic amines) is 1. The molecular formula is C21H39N3O4+2. The van der Waals surface area contributed by atoms with Crippen molar-refractivity contribution in [3.8, 4) is 12.3 Å². The first-order chi connectivity index (χ1) is 13.2. The number of hydroxylamine groups is 1. The molecule has 1 N–H and O–H groups in total. The molecule has 1 aliphatic rings. The standard InChI is InChI=1S/C8H10O.C6H13N.C3H4.C2H6NO2.C2H6NO/c1-9-7-8-5-3-2-4-6-8;1-7-5-3-2-4-6-7;1-3-2;1-3(4)5-2;1-3(2)4/h2-6H,7H2,1H3;2-6H2,1H3;1H,2H3;1-2H3;4H,1H2,2H3/q;;;2*+1. The molecule has 0 saturated carbocycles. The van der Waals surface area contributed by atoms with Crippen LogP contribution in [0.3, 0.4) is 0 Å². The van der Waals surface area contributed by atoms with E-state index < -0.39 is 0 Å². The summed E-state index contributed by atoms with van der Waals surface area (Å²) in [6.45, 7) is 8.03. The Kier molecular flexibility index (Phi) is 26.6. The van der Waals surface area contributed by atoms with Crippen molar-refractivity contribution in [3.63, 3.8) is 0 Å². The quantitative estimate of drug-likeness (QED) is 0.279. The van der Waals surface area contributed by atoms with Gasteiger partial charge in [0.2, 0.25) is 12.0 Å². The average Bonchev–Trinajstić information content (AvgIpc) is 2.65. The Morgan fingerprint density at radius 2 is 1.57 bits per heavy atom. The molecule has 0 atom stereocenters. The molecular weight excluding hydrogens is 358 g/mol. The average molecular weight is 398 g/mol. The Balaban J connectivity index is -0.000000296. The van der Waals surface area contributed by atoms with E-state index in [-0.39, 0.29) is 0 Å². The van der Waals surface area contributed by atoms with Crippen molar-refractivity contribution in [3.05, 3.63) is 40.8 Å². The highest BCUT2D eigenvalue weighted by molar-refractivity contribution is 5.13. The fourth-order valence-corrected chi connectivity index (χ4v) is 1.79. The van der Waals surface area contributed by atoms with Crippen molar-refractivity contribution < 1.29 is 24.4 Å². The molecule has 1 aromatic carbocycles. The first-order valence-electron chi connectivity index (χ1n) is 9.01. The minimum absolute atomic E-state index is 0.375. The van der Waals surface area contributed by atoms with E-state index in [1.165, 1.54) is 59.1 Å². The summed E-state index contributed by atoms with van der Waals surface area (Å²) in [7, 11) is 7.93. The molecule has 1 saturated heterocycles. The maximum absolute atomic E-state index is 9.51. The highest BCUT2D eigenvalue weighted by atomic mass is 16.7. The van der Waals surface area contributed by atoms with E-state index in [0.29, 0.717) is 11.5 Å². The van der Waals surface area contributed by atoms with Gasteiger partial charge >= 0.3 is 0 Å². The summed E-state index contributed by atoms with van der Waals surface area (Å²) in [4.78, 5) is 16.3. The van der Waals surface area contributed by atoms with E-state index in [4.69, 9.17) is 9.94 Å². The summed E-state index contributed by atoms with van der Waals surface area (Å²) in [5.41, 5.74) is 1.22. The highest BCUT2D eigenvalue weighted by Crippen LogP contribution is 2.04. The van der Waals surface area contributed by atoms with Gasteiger partial charge in [0.15, 0.2) is 20.9 Å². The van der Waals surface area contributed by atoms with Crippen molar-refractivity contribution in [2.75, 3.05) is 48.5 Å². The van der Waals surface area contributed by atoms with Crippen LogP contribution >= 0.6 is 0 Å². The number of hydrogen-bond donors (Lipinski definition) is 1. The van der Waals surface area contributed by atoms with Crippen LogP contribution in [0.5, 0.6) is 0 Å². The lowest BCUT2D eigenvalue weighted by Gasteiger charge is -2.20. The third-order valence-electron chi connectivity index (χ3n) is 2.99. The topological polar surface area (TPSA) is 65.0 Å². The summed E-state index contributed by atoms with van der Waals surface area (Å²) in [5, 5.41) is 7.78. The van der Waals surface area contributed by atoms with Gasteiger partial charge in [0.1, 0.15) is 0 Å². The van der Waals surface area contributed by atoms with Crippen LogP contribution in [-0.2, 0) is 16.2 Å². The number of nitrogens with zero attached hydrogens (tertiary/aromatic N) is 3. The van der Waals surface area contributed by atoms with Gasteiger partial charge in [-0.25, -0.2) is 4.84 Å². The molecule has 0 unspecified atom stereocenters. The molecule has 0 radical (unpaired) electrons. The molecule has 0 aromatic heterocycles. The van der Waals surface area contributed by atoms with E-state index in [2.05, 4.69) is 35.8 Å². The fraction of sp³-hybridized carbons (Fsp3) is 0.571. The number of rotatable bonds is 3. The molecule has 0 spiro atoms. The van der Waals surface area contributed by atoms with Gasteiger partial charge in [0.25, 0.3) is 0 Å². The second-order valence-corrected chi connectivity index (χ2v) is 5.85. The Hall–Kier alpha value is -2.43. The smallest absolute Gasteiger partial charge is 0.239 e. The van der Waals surface area contributed by atoms with Crippen LogP contribution < -0.4 is 0 Å². The third kappa shape index (κ3) is 34.8. The van der Waals surface area contributed by atoms with E-state index in [9.17, 15) is 4.91 Å². The van der Waals surface area contributed by atoms with Crippen LogP contribution in [0, 0.1) is 17.3 Å². The SMILES string of the molecule is C#CC.C=[N+](C)O.CN1CCCCC1.COCc1ccccc1.CO[N+](C)=O. The fourth-order valence-electron chi connectivity index (χ4n) is 1.79. The molecule has 0 aliphatic carbocycles. The van der Waals surface area contributed by atoms with Gasteiger partial charge in [-0.1, -0.05) is 36.8 Å². The van der Waals surface area contributed by atoms with Gasteiger partial charge < -0.3 is 9.64 Å². The van der Waals surface area contributed by atoms with Crippen LogP contribution in [0.25, 0.3) is 0 Å². The molecule has 1 fully saturated rings. The number of ether oxygens (including phenoxy) is 1. The van der Waals surface area contributed by atoms with Gasteiger partial charge in [-0.15, -0.1) is 12.3 Å². The van der Waals surface area contributed by atoms with Crippen molar-refractivity contribution in [2.24, 2.45) is 0 Å². The molecule has 7 heteroatoms. The summed E-state index contributed by atoms with van der Waals surface area (Å²) >= 11 is 0. The monoisotopic (exact) mass is 397 g/mol. The number of benzene rings is 1. The lowest BCUT2D eigenvalue weighted by molar-refractivity contribution is -0.776. The van der Waals surface area contributed by atoms with Crippen LogP contribution in [-0.4, -0.2) is 74.9 Å². The predicted octanol–water partition coefficient (Wildman–Crippen LogP) is 3.25. The Bertz CT molecular complexity index is 506. The molecule has 1 aromatic rings. The largest absolute Gasteiger partial charge is 0.380 e. The number of terminal acetylenes is 1. The summed E-state index contributed by atoms with van der Waals surface area (Å²) in [6.07, 6.45) is 8.87. The van der Waals surface area contributed by atoms with Crippen LogP contribution in [0.2, 0.25) is 0 Å².